The molecule has 0 atom stereocenters. The second-order valence-corrected chi connectivity index (χ2v) is 3.45. The molecule has 0 aliphatic rings. The Bertz CT molecular complexity index is 568. The number of aromatic nitrogens is 3. The highest BCUT2D eigenvalue weighted by atomic mass is 16.6. The molecule has 0 fully saturated rings. The third kappa shape index (κ3) is 2.34. The predicted molar refractivity (Wildman–Crippen MR) is 61.7 cm³/mol. The first-order chi connectivity index (χ1) is 8.58. The van der Waals surface area contributed by atoms with E-state index < -0.39 is 4.92 Å². The standard InChI is InChI=1S/C9H10N6O3/c1-5-7(15(16)17)8(14-9(10)13-5)11-4-6-2-3-12-18-6/h2-3H,4H2,1H3,(H3,10,11,13,14). The predicted octanol–water partition coefficient (Wildman–Crippen LogP) is 0.876. The fourth-order valence-electron chi connectivity index (χ4n) is 1.43. The van der Waals surface area contributed by atoms with Crippen molar-refractivity contribution in [3.05, 3.63) is 33.8 Å². The monoisotopic (exact) mass is 250 g/mol. The number of nitro groups is 1. The highest BCUT2D eigenvalue weighted by Crippen LogP contribution is 2.26. The summed E-state index contributed by atoms with van der Waals surface area (Å²) in [6, 6.07) is 1.64. The molecule has 2 rings (SSSR count). The maximum atomic E-state index is 10.9. The molecule has 0 saturated carbocycles. The van der Waals surface area contributed by atoms with E-state index in [1.165, 1.54) is 13.1 Å². The van der Waals surface area contributed by atoms with Gasteiger partial charge in [0.05, 0.1) is 17.7 Å². The largest absolute Gasteiger partial charge is 0.368 e. The minimum absolute atomic E-state index is 0.0295. The van der Waals surface area contributed by atoms with Crippen LogP contribution in [-0.4, -0.2) is 20.0 Å². The van der Waals surface area contributed by atoms with Crippen LogP contribution in [0.1, 0.15) is 11.5 Å². The fraction of sp³-hybridized carbons (Fsp3) is 0.222. The van der Waals surface area contributed by atoms with Crippen LogP contribution < -0.4 is 11.1 Å². The van der Waals surface area contributed by atoms with Crippen molar-refractivity contribution in [2.45, 2.75) is 13.5 Å². The lowest BCUT2D eigenvalue weighted by molar-refractivity contribution is -0.385. The van der Waals surface area contributed by atoms with E-state index in [-0.39, 0.29) is 29.7 Å². The molecule has 0 aliphatic carbocycles. The SMILES string of the molecule is Cc1nc(N)nc(NCc2ccno2)c1[N+](=O)[O-]. The van der Waals surface area contributed by atoms with Gasteiger partial charge in [-0.05, 0) is 6.92 Å². The molecule has 0 radical (unpaired) electrons. The van der Waals surface area contributed by atoms with Crippen LogP contribution in [0, 0.1) is 17.0 Å². The summed E-state index contributed by atoms with van der Waals surface area (Å²) in [5.74, 6) is 0.554. The molecule has 3 N–H and O–H groups in total. The molecule has 0 aromatic carbocycles. The molecule has 94 valence electrons. The first-order valence-corrected chi connectivity index (χ1v) is 5.00. The van der Waals surface area contributed by atoms with Gasteiger partial charge in [0.1, 0.15) is 5.69 Å². The Morgan fingerprint density at radius 3 is 2.94 bits per heavy atom. The number of hydrogen-bond donors (Lipinski definition) is 2. The van der Waals surface area contributed by atoms with Crippen molar-refractivity contribution >= 4 is 17.5 Å². The Labute approximate surface area is 101 Å². The van der Waals surface area contributed by atoms with E-state index in [2.05, 4.69) is 20.4 Å². The Morgan fingerprint density at radius 2 is 2.33 bits per heavy atom. The molecule has 2 heterocycles. The summed E-state index contributed by atoms with van der Waals surface area (Å²) in [5, 5.41) is 17.2. The lowest BCUT2D eigenvalue weighted by Crippen LogP contribution is -2.09. The van der Waals surface area contributed by atoms with Gasteiger partial charge in [0.25, 0.3) is 0 Å². The van der Waals surface area contributed by atoms with E-state index in [1.807, 2.05) is 0 Å². The van der Waals surface area contributed by atoms with E-state index in [4.69, 9.17) is 10.3 Å². The minimum atomic E-state index is -0.558. The number of nitrogens with zero attached hydrogens (tertiary/aromatic N) is 4. The molecule has 2 aromatic heterocycles. The molecule has 18 heavy (non-hydrogen) atoms. The van der Waals surface area contributed by atoms with Crippen LogP contribution in [0.5, 0.6) is 0 Å². The van der Waals surface area contributed by atoms with E-state index in [9.17, 15) is 10.1 Å². The van der Waals surface area contributed by atoms with Crippen molar-refractivity contribution in [1.82, 2.24) is 15.1 Å². The highest BCUT2D eigenvalue weighted by Gasteiger charge is 2.21. The van der Waals surface area contributed by atoms with Gasteiger partial charge in [-0.25, -0.2) is 4.98 Å². The third-order valence-electron chi connectivity index (χ3n) is 2.18. The fourth-order valence-corrected chi connectivity index (χ4v) is 1.43. The van der Waals surface area contributed by atoms with Gasteiger partial charge < -0.3 is 15.6 Å². The van der Waals surface area contributed by atoms with Crippen molar-refractivity contribution in [2.75, 3.05) is 11.1 Å². The number of rotatable bonds is 4. The molecule has 0 unspecified atom stereocenters. The average Bonchev–Trinajstić information content (AvgIpc) is 2.77. The second kappa shape index (κ2) is 4.65. The van der Waals surface area contributed by atoms with Gasteiger partial charge in [-0.1, -0.05) is 5.16 Å². The van der Waals surface area contributed by atoms with Gasteiger partial charge in [-0.15, -0.1) is 0 Å². The molecule has 0 amide bonds. The zero-order chi connectivity index (χ0) is 13.1. The average molecular weight is 250 g/mol. The number of hydrogen-bond acceptors (Lipinski definition) is 8. The summed E-state index contributed by atoms with van der Waals surface area (Å²) in [5.41, 5.74) is 5.45. The normalized spacial score (nSPS) is 10.3. The maximum absolute atomic E-state index is 10.9. The lowest BCUT2D eigenvalue weighted by Gasteiger charge is -2.06. The molecule has 0 spiro atoms. The number of nitrogens with one attached hydrogen (secondary N) is 1. The van der Waals surface area contributed by atoms with E-state index in [1.54, 1.807) is 6.07 Å². The van der Waals surface area contributed by atoms with Crippen LogP contribution in [0.3, 0.4) is 0 Å². The summed E-state index contributed by atoms with van der Waals surface area (Å²) >= 11 is 0. The quantitative estimate of drug-likeness (QED) is 0.603. The van der Waals surface area contributed by atoms with Gasteiger partial charge in [-0.2, -0.15) is 4.98 Å². The number of anilines is 2. The van der Waals surface area contributed by atoms with Crippen molar-refractivity contribution in [3.8, 4) is 0 Å². The zero-order valence-electron chi connectivity index (χ0n) is 9.45. The summed E-state index contributed by atoms with van der Waals surface area (Å²) in [6.07, 6.45) is 1.48. The van der Waals surface area contributed by atoms with Gasteiger partial charge in [-0.3, -0.25) is 10.1 Å². The van der Waals surface area contributed by atoms with Crippen molar-refractivity contribution < 1.29 is 9.45 Å². The minimum Gasteiger partial charge on any atom is -0.368 e. The number of nitrogen functional groups attached to an aromatic ring is 1. The Kier molecular flexibility index (Phi) is 3.04. The second-order valence-electron chi connectivity index (χ2n) is 3.45. The van der Waals surface area contributed by atoms with Gasteiger partial charge in [0, 0.05) is 6.07 Å². The molecule has 2 aromatic rings. The molecular weight excluding hydrogens is 240 g/mol. The molecule has 0 aliphatic heterocycles. The first kappa shape index (κ1) is 11.8. The van der Waals surface area contributed by atoms with Crippen LogP contribution in [0.4, 0.5) is 17.5 Å². The van der Waals surface area contributed by atoms with E-state index in [0.29, 0.717) is 5.76 Å². The number of aryl methyl sites for hydroxylation is 1. The van der Waals surface area contributed by atoms with Crippen LogP contribution in [0.2, 0.25) is 0 Å². The summed E-state index contributed by atoms with van der Waals surface area (Å²) in [6.45, 7) is 1.71. The highest BCUT2D eigenvalue weighted by molar-refractivity contribution is 5.60. The lowest BCUT2D eigenvalue weighted by atomic mass is 10.3. The molecule has 0 bridgehead atoms. The molecule has 0 saturated heterocycles. The smallest absolute Gasteiger partial charge is 0.332 e. The topological polar surface area (TPSA) is 133 Å². The van der Waals surface area contributed by atoms with E-state index in [0.717, 1.165) is 0 Å². The van der Waals surface area contributed by atoms with Crippen molar-refractivity contribution in [1.29, 1.82) is 0 Å². The van der Waals surface area contributed by atoms with Crippen molar-refractivity contribution in [3.63, 3.8) is 0 Å². The van der Waals surface area contributed by atoms with Crippen molar-refractivity contribution in [2.24, 2.45) is 0 Å². The van der Waals surface area contributed by atoms with Crippen LogP contribution in [0.15, 0.2) is 16.8 Å². The molecule has 9 nitrogen and oxygen atoms in total. The van der Waals surface area contributed by atoms with Gasteiger partial charge in [0.2, 0.25) is 11.8 Å². The summed E-state index contributed by atoms with van der Waals surface area (Å²) in [4.78, 5) is 17.9. The van der Waals surface area contributed by atoms with E-state index >= 15 is 0 Å². The first-order valence-electron chi connectivity index (χ1n) is 5.00. The third-order valence-corrected chi connectivity index (χ3v) is 2.18. The summed E-state index contributed by atoms with van der Waals surface area (Å²) < 4.78 is 4.86. The van der Waals surface area contributed by atoms with Gasteiger partial charge in [0.15, 0.2) is 5.76 Å². The Hall–Kier alpha value is -2.71. The van der Waals surface area contributed by atoms with Crippen LogP contribution >= 0.6 is 0 Å². The number of nitrogens with two attached hydrogens (primary N) is 1. The van der Waals surface area contributed by atoms with Gasteiger partial charge >= 0.3 is 5.69 Å². The molecular formula is C9H10N6O3. The van der Waals surface area contributed by atoms with Crippen LogP contribution in [0.25, 0.3) is 0 Å². The Morgan fingerprint density at radius 1 is 1.56 bits per heavy atom. The molecule has 9 heteroatoms. The van der Waals surface area contributed by atoms with Crippen LogP contribution in [-0.2, 0) is 6.54 Å². The Balaban J connectivity index is 2.28. The maximum Gasteiger partial charge on any atom is 0.332 e. The summed E-state index contributed by atoms with van der Waals surface area (Å²) in [7, 11) is 0. The zero-order valence-corrected chi connectivity index (χ0v) is 9.45.